The standard InChI is InChI=1S/C15H25NO2Si/c1-12(17)16-14-9-7-13(8-10-14)11-18-19(5,6)15(2,3)4/h7-10H,11H2,1-6H3,(H,16,17). The van der Waals surface area contributed by atoms with E-state index in [9.17, 15) is 4.79 Å². The Morgan fingerprint density at radius 1 is 1.21 bits per heavy atom. The molecular formula is C15H25NO2Si. The maximum atomic E-state index is 10.9. The Kier molecular flexibility index (Phi) is 4.93. The van der Waals surface area contributed by atoms with Gasteiger partial charge in [-0.25, -0.2) is 0 Å². The van der Waals surface area contributed by atoms with E-state index in [2.05, 4.69) is 39.2 Å². The summed E-state index contributed by atoms with van der Waals surface area (Å²) in [6, 6.07) is 7.81. The van der Waals surface area contributed by atoms with Crippen molar-refractivity contribution in [1.29, 1.82) is 0 Å². The van der Waals surface area contributed by atoms with Gasteiger partial charge in [0.15, 0.2) is 8.32 Å². The number of amides is 1. The Hall–Kier alpha value is -1.13. The fraction of sp³-hybridized carbons (Fsp3) is 0.533. The second-order valence-corrected chi connectivity index (χ2v) is 11.2. The smallest absolute Gasteiger partial charge is 0.221 e. The van der Waals surface area contributed by atoms with Crippen LogP contribution in [0.3, 0.4) is 0 Å². The van der Waals surface area contributed by atoms with Crippen LogP contribution in [0.25, 0.3) is 0 Å². The maximum absolute atomic E-state index is 10.9. The molecule has 0 aromatic heterocycles. The first-order valence-electron chi connectivity index (χ1n) is 6.62. The molecule has 3 nitrogen and oxygen atoms in total. The third-order valence-electron chi connectivity index (χ3n) is 3.68. The van der Waals surface area contributed by atoms with Crippen molar-refractivity contribution in [3.8, 4) is 0 Å². The first-order chi connectivity index (χ1) is 8.62. The number of carbonyl (C=O) groups excluding carboxylic acids is 1. The molecule has 0 radical (unpaired) electrons. The van der Waals surface area contributed by atoms with E-state index in [0.29, 0.717) is 6.61 Å². The van der Waals surface area contributed by atoms with Crippen LogP contribution in [-0.2, 0) is 15.8 Å². The van der Waals surface area contributed by atoms with Crippen LogP contribution in [0.1, 0.15) is 33.3 Å². The van der Waals surface area contributed by atoms with Gasteiger partial charge in [0.25, 0.3) is 0 Å². The average molecular weight is 279 g/mol. The Morgan fingerprint density at radius 2 is 1.74 bits per heavy atom. The van der Waals surface area contributed by atoms with Gasteiger partial charge >= 0.3 is 0 Å². The molecule has 0 unspecified atom stereocenters. The molecule has 0 saturated heterocycles. The van der Waals surface area contributed by atoms with Gasteiger partial charge in [-0.2, -0.15) is 0 Å². The molecule has 1 amide bonds. The van der Waals surface area contributed by atoms with Crippen LogP contribution in [0, 0.1) is 0 Å². The zero-order valence-corrected chi connectivity index (χ0v) is 13.8. The van der Waals surface area contributed by atoms with E-state index < -0.39 is 8.32 Å². The minimum atomic E-state index is -1.70. The minimum absolute atomic E-state index is 0.0507. The van der Waals surface area contributed by atoms with Crippen LogP contribution >= 0.6 is 0 Å². The van der Waals surface area contributed by atoms with E-state index >= 15 is 0 Å². The number of nitrogens with one attached hydrogen (secondary N) is 1. The van der Waals surface area contributed by atoms with Crippen LogP contribution in [0.15, 0.2) is 24.3 Å². The molecule has 0 aliphatic rings. The highest BCUT2D eigenvalue weighted by Gasteiger charge is 2.36. The number of anilines is 1. The predicted octanol–water partition coefficient (Wildman–Crippen LogP) is 4.17. The van der Waals surface area contributed by atoms with E-state index in [1.54, 1.807) is 0 Å². The summed E-state index contributed by atoms with van der Waals surface area (Å²) in [5.41, 5.74) is 1.96. The fourth-order valence-corrected chi connectivity index (χ4v) is 2.33. The topological polar surface area (TPSA) is 38.3 Å². The van der Waals surface area contributed by atoms with Gasteiger partial charge in [-0.05, 0) is 35.8 Å². The predicted molar refractivity (Wildman–Crippen MR) is 82.7 cm³/mol. The van der Waals surface area contributed by atoms with Crippen molar-refractivity contribution < 1.29 is 9.22 Å². The summed E-state index contributed by atoms with van der Waals surface area (Å²) in [6.45, 7) is 13.3. The molecule has 0 atom stereocenters. The van der Waals surface area contributed by atoms with Crippen molar-refractivity contribution in [3.63, 3.8) is 0 Å². The molecule has 0 aliphatic heterocycles. The number of hydrogen-bond acceptors (Lipinski definition) is 2. The van der Waals surface area contributed by atoms with Gasteiger partial charge in [-0.1, -0.05) is 32.9 Å². The van der Waals surface area contributed by atoms with Crippen LogP contribution in [-0.4, -0.2) is 14.2 Å². The molecule has 1 rings (SSSR count). The molecule has 19 heavy (non-hydrogen) atoms. The summed E-state index contributed by atoms with van der Waals surface area (Å²) < 4.78 is 6.15. The summed E-state index contributed by atoms with van der Waals surface area (Å²) in [5, 5.41) is 2.98. The Bertz CT molecular complexity index is 432. The molecule has 1 N–H and O–H groups in total. The van der Waals surface area contributed by atoms with Crippen LogP contribution in [0.5, 0.6) is 0 Å². The van der Waals surface area contributed by atoms with E-state index in [1.165, 1.54) is 6.92 Å². The number of hydrogen-bond donors (Lipinski definition) is 1. The lowest BCUT2D eigenvalue weighted by Gasteiger charge is -2.36. The zero-order valence-electron chi connectivity index (χ0n) is 12.8. The summed E-state index contributed by atoms with van der Waals surface area (Å²) in [5.74, 6) is -0.0507. The van der Waals surface area contributed by atoms with Crippen molar-refractivity contribution in [2.45, 2.75) is 52.4 Å². The molecule has 0 heterocycles. The quantitative estimate of drug-likeness (QED) is 0.840. The lowest BCUT2D eigenvalue weighted by atomic mass is 10.2. The lowest BCUT2D eigenvalue weighted by Crippen LogP contribution is -2.40. The van der Waals surface area contributed by atoms with Gasteiger partial charge in [0.05, 0.1) is 6.61 Å². The van der Waals surface area contributed by atoms with Gasteiger partial charge in [0.2, 0.25) is 5.91 Å². The summed E-state index contributed by atoms with van der Waals surface area (Å²) in [7, 11) is -1.70. The van der Waals surface area contributed by atoms with Crippen molar-refractivity contribution in [3.05, 3.63) is 29.8 Å². The van der Waals surface area contributed by atoms with Crippen molar-refractivity contribution in [2.24, 2.45) is 0 Å². The number of rotatable bonds is 4. The molecule has 0 aliphatic carbocycles. The third-order valence-corrected chi connectivity index (χ3v) is 8.16. The highest BCUT2D eigenvalue weighted by molar-refractivity contribution is 6.74. The van der Waals surface area contributed by atoms with Gasteiger partial charge in [0.1, 0.15) is 0 Å². The number of benzene rings is 1. The van der Waals surface area contributed by atoms with E-state index in [-0.39, 0.29) is 10.9 Å². The van der Waals surface area contributed by atoms with Gasteiger partial charge in [-0.15, -0.1) is 0 Å². The zero-order chi connectivity index (χ0) is 14.7. The van der Waals surface area contributed by atoms with Gasteiger partial charge < -0.3 is 9.74 Å². The monoisotopic (exact) mass is 279 g/mol. The second kappa shape index (κ2) is 5.88. The molecule has 0 fully saturated rings. The molecule has 4 heteroatoms. The molecule has 0 spiro atoms. The molecule has 1 aromatic rings. The van der Waals surface area contributed by atoms with Crippen LogP contribution < -0.4 is 5.32 Å². The SMILES string of the molecule is CC(=O)Nc1ccc(CO[Si](C)(C)C(C)(C)C)cc1. The third kappa shape index (κ3) is 4.80. The minimum Gasteiger partial charge on any atom is -0.413 e. The highest BCUT2D eigenvalue weighted by atomic mass is 28.4. The number of carbonyl (C=O) groups is 1. The molecule has 1 aromatic carbocycles. The van der Waals surface area contributed by atoms with E-state index in [0.717, 1.165) is 11.3 Å². The second-order valence-electron chi connectivity index (χ2n) is 6.43. The molecule has 0 bridgehead atoms. The van der Waals surface area contributed by atoms with Crippen LogP contribution in [0.2, 0.25) is 18.1 Å². The van der Waals surface area contributed by atoms with E-state index in [1.807, 2.05) is 24.3 Å². The van der Waals surface area contributed by atoms with Crippen LogP contribution in [0.4, 0.5) is 5.69 Å². The Morgan fingerprint density at radius 3 is 2.16 bits per heavy atom. The van der Waals surface area contributed by atoms with Crippen molar-refractivity contribution in [2.75, 3.05) is 5.32 Å². The lowest BCUT2D eigenvalue weighted by molar-refractivity contribution is -0.114. The summed E-state index contributed by atoms with van der Waals surface area (Å²) >= 11 is 0. The largest absolute Gasteiger partial charge is 0.413 e. The Balaban J connectivity index is 2.62. The summed E-state index contributed by atoms with van der Waals surface area (Å²) in [4.78, 5) is 10.9. The van der Waals surface area contributed by atoms with E-state index in [4.69, 9.17) is 4.43 Å². The Labute approximate surface area is 117 Å². The molecular weight excluding hydrogens is 254 g/mol. The first-order valence-corrected chi connectivity index (χ1v) is 9.53. The van der Waals surface area contributed by atoms with Gasteiger partial charge in [-0.3, -0.25) is 4.79 Å². The van der Waals surface area contributed by atoms with Crippen molar-refractivity contribution in [1.82, 2.24) is 0 Å². The maximum Gasteiger partial charge on any atom is 0.221 e. The normalized spacial score (nSPS) is 12.3. The first kappa shape index (κ1) is 15.9. The fourth-order valence-electron chi connectivity index (χ4n) is 1.37. The molecule has 106 valence electrons. The van der Waals surface area contributed by atoms with Gasteiger partial charge in [0, 0.05) is 12.6 Å². The summed E-state index contributed by atoms with van der Waals surface area (Å²) in [6.07, 6.45) is 0. The average Bonchev–Trinajstić information content (AvgIpc) is 2.26. The molecule has 0 saturated carbocycles. The van der Waals surface area contributed by atoms with Crippen molar-refractivity contribution >= 4 is 19.9 Å². The highest BCUT2D eigenvalue weighted by Crippen LogP contribution is 2.37.